The van der Waals surface area contributed by atoms with Crippen LogP contribution >= 0.6 is 0 Å². The normalized spacial score (nSPS) is 30.5. The number of carbonyl (C=O) groups is 1. The van der Waals surface area contributed by atoms with Crippen molar-refractivity contribution >= 4 is 11.7 Å². The first-order valence-electron chi connectivity index (χ1n) is 6.46. The molecule has 2 aliphatic rings. The summed E-state index contributed by atoms with van der Waals surface area (Å²) in [4.78, 5) is 16.3. The molecule has 0 unspecified atom stereocenters. The molecule has 1 heterocycles. The van der Waals surface area contributed by atoms with Crippen molar-refractivity contribution in [3.63, 3.8) is 0 Å². The molecule has 0 aromatic carbocycles. The van der Waals surface area contributed by atoms with E-state index in [0.717, 1.165) is 17.9 Å². The lowest BCUT2D eigenvalue weighted by atomic mass is 9.88. The Bertz CT molecular complexity index is 444. The number of anilines is 1. The summed E-state index contributed by atoms with van der Waals surface area (Å²) >= 11 is 0. The van der Waals surface area contributed by atoms with Gasteiger partial charge in [-0.15, -0.1) is 0 Å². The number of aromatic nitrogens is 1. The van der Waals surface area contributed by atoms with Crippen LogP contribution in [0.25, 0.3) is 0 Å². The molecule has 17 heavy (non-hydrogen) atoms. The second-order valence-electron chi connectivity index (χ2n) is 5.49. The molecule has 1 aromatic heterocycles. The summed E-state index contributed by atoms with van der Waals surface area (Å²) in [6.45, 7) is 2.01. The number of nitrogens with one attached hydrogen (secondary N) is 1. The van der Waals surface area contributed by atoms with Crippen LogP contribution in [0, 0.1) is 24.7 Å². The number of rotatable bonds is 2. The molecule has 2 bridgehead atoms. The Morgan fingerprint density at radius 3 is 2.94 bits per heavy atom. The summed E-state index contributed by atoms with van der Waals surface area (Å²) in [5, 5.41) is 2.96. The number of aryl methyl sites for hydroxylation is 1. The number of hydrogen-bond acceptors (Lipinski definition) is 2. The molecule has 2 aliphatic carbocycles. The third kappa shape index (κ3) is 2.06. The number of pyridine rings is 1. The summed E-state index contributed by atoms with van der Waals surface area (Å²) in [5.41, 5.74) is 1.13. The van der Waals surface area contributed by atoms with Crippen LogP contribution in [0.3, 0.4) is 0 Å². The standard InChI is InChI=1S/C14H18N2O/c1-9-4-5-15-13(6-9)16-14(17)12-8-10-2-3-11(12)7-10/h4-6,10-12H,2-3,7-8H2,1H3,(H,15,16,17)/t10-,11+,12+/m0/s1. The monoisotopic (exact) mass is 230 g/mol. The van der Waals surface area contributed by atoms with Gasteiger partial charge in [-0.1, -0.05) is 6.42 Å². The molecule has 0 radical (unpaired) electrons. The minimum Gasteiger partial charge on any atom is -0.310 e. The zero-order valence-corrected chi connectivity index (χ0v) is 10.1. The Balaban J connectivity index is 1.68. The van der Waals surface area contributed by atoms with Crippen molar-refractivity contribution in [1.82, 2.24) is 4.98 Å². The van der Waals surface area contributed by atoms with Gasteiger partial charge in [0.25, 0.3) is 0 Å². The van der Waals surface area contributed by atoms with E-state index < -0.39 is 0 Å². The molecule has 3 atom stereocenters. The van der Waals surface area contributed by atoms with E-state index in [1.165, 1.54) is 19.3 Å². The maximum atomic E-state index is 12.2. The first-order valence-corrected chi connectivity index (χ1v) is 6.46. The first kappa shape index (κ1) is 10.8. The van der Waals surface area contributed by atoms with Gasteiger partial charge >= 0.3 is 0 Å². The van der Waals surface area contributed by atoms with Crippen LogP contribution in [0.15, 0.2) is 18.3 Å². The Morgan fingerprint density at radius 2 is 2.29 bits per heavy atom. The summed E-state index contributed by atoms with van der Waals surface area (Å²) in [6.07, 6.45) is 6.66. The fourth-order valence-electron chi connectivity index (χ4n) is 3.39. The van der Waals surface area contributed by atoms with Gasteiger partial charge in [0.2, 0.25) is 5.91 Å². The molecule has 2 saturated carbocycles. The van der Waals surface area contributed by atoms with E-state index in [1.54, 1.807) is 6.20 Å². The average molecular weight is 230 g/mol. The van der Waals surface area contributed by atoms with Gasteiger partial charge in [-0.3, -0.25) is 4.79 Å². The van der Waals surface area contributed by atoms with Gasteiger partial charge in [0.15, 0.2) is 0 Å². The van der Waals surface area contributed by atoms with E-state index in [2.05, 4.69) is 10.3 Å². The lowest BCUT2D eigenvalue weighted by Gasteiger charge is -2.20. The number of fused-ring (bicyclic) bond motifs is 2. The number of nitrogens with zero attached hydrogens (tertiary/aromatic N) is 1. The van der Waals surface area contributed by atoms with Crippen LogP contribution in [0.2, 0.25) is 0 Å². The number of hydrogen-bond donors (Lipinski definition) is 1. The summed E-state index contributed by atoms with van der Waals surface area (Å²) in [6, 6.07) is 3.86. The van der Waals surface area contributed by atoms with Crippen LogP contribution < -0.4 is 5.32 Å². The van der Waals surface area contributed by atoms with Crippen LogP contribution in [0.1, 0.15) is 31.2 Å². The van der Waals surface area contributed by atoms with Crippen molar-refractivity contribution in [2.45, 2.75) is 32.6 Å². The number of amides is 1. The predicted molar refractivity (Wildman–Crippen MR) is 66.5 cm³/mol. The Hall–Kier alpha value is -1.38. The van der Waals surface area contributed by atoms with Gasteiger partial charge in [-0.05, 0) is 55.7 Å². The van der Waals surface area contributed by atoms with Gasteiger partial charge in [-0.25, -0.2) is 4.98 Å². The summed E-state index contributed by atoms with van der Waals surface area (Å²) < 4.78 is 0. The number of carbonyl (C=O) groups excluding carboxylic acids is 1. The average Bonchev–Trinajstić information content (AvgIpc) is 2.90. The molecule has 0 spiro atoms. The molecule has 1 aromatic rings. The highest BCUT2D eigenvalue weighted by molar-refractivity contribution is 5.92. The van der Waals surface area contributed by atoms with Crippen molar-refractivity contribution in [1.29, 1.82) is 0 Å². The van der Waals surface area contributed by atoms with Crippen LogP contribution in [-0.4, -0.2) is 10.9 Å². The van der Waals surface area contributed by atoms with E-state index >= 15 is 0 Å². The molecule has 90 valence electrons. The zero-order chi connectivity index (χ0) is 11.8. The second kappa shape index (κ2) is 4.13. The minimum absolute atomic E-state index is 0.176. The fourth-order valence-corrected chi connectivity index (χ4v) is 3.39. The maximum absolute atomic E-state index is 12.2. The molecule has 3 nitrogen and oxygen atoms in total. The molecular formula is C14H18N2O. The van der Waals surface area contributed by atoms with Crippen LogP contribution in [-0.2, 0) is 4.79 Å². The third-order valence-electron chi connectivity index (χ3n) is 4.24. The molecule has 2 fully saturated rings. The molecule has 1 amide bonds. The van der Waals surface area contributed by atoms with Gasteiger partial charge in [-0.2, -0.15) is 0 Å². The Kier molecular flexibility index (Phi) is 2.61. The molecule has 3 rings (SSSR count). The quantitative estimate of drug-likeness (QED) is 0.848. The van der Waals surface area contributed by atoms with E-state index in [0.29, 0.717) is 11.7 Å². The van der Waals surface area contributed by atoms with E-state index in [4.69, 9.17) is 0 Å². The van der Waals surface area contributed by atoms with Crippen molar-refractivity contribution in [3.8, 4) is 0 Å². The molecular weight excluding hydrogens is 212 g/mol. The van der Waals surface area contributed by atoms with Crippen LogP contribution in [0.5, 0.6) is 0 Å². The first-order chi connectivity index (χ1) is 8.22. The molecule has 0 saturated heterocycles. The molecule has 0 aliphatic heterocycles. The van der Waals surface area contributed by atoms with E-state index in [1.807, 2.05) is 19.1 Å². The highest BCUT2D eigenvalue weighted by Crippen LogP contribution is 2.48. The van der Waals surface area contributed by atoms with Crippen LogP contribution in [0.4, 0.5) is 5.82 Å². The Morgan fingerprint density at radius 1 is 1.41 bits per heavy atom. The van der Waals surface area contributed by atoms with Gasteiger partial charge in [0.1, 0.15) is 5.82 Å². The lowest BCUT2D eigenvalue weighted by Crippen LogP contribution is -2.27. The summed E-state index contributed by atoms with van der Waals surface area (Å²) in [5.74, 6) is 2.54. The zero-order valence-electron chi connectivity index (χ0n) is 10.1. The fraction of sp³-hybridized carbons (Fsp3) is 0.571. The third-order valence-corrected chi connectivity index (χ3v) is 4.24. The van der Waals surface area contributed by atoms with E-state index in [-0.39, 0.29) is 11.8 Å². The smallest absolute Gasteiger partial charge is 0.228 e. The minimum atomic E-state index is 0.176. The lowest BCUT2D eigenvalue weighted by molar-refractivity contribution is -0.121. The van der Waals surface area contributed by atoms with Crippen molar-refractivity contribution in [2.75, 3.05) is 5.32 Å². The maximum Gasteiger partial charge on any atom is 0.228 e. The van der Waals surface area contributed by atoms with Crippen molar-refractivity contribution < 1.29 is 4.79 Å². The Labute approximate surface area is 102 Å². The van der Waals surface area contributed by atoms with Gasteiger partial charge < -0.3 is 5.32 Å². The molecule has 1 N–H and O–H groups in total. The topological polar surface area (TPSA) is 42.0 Å². The predicted octanol–water partition coefficient (Wildman–Crippen LogP) is 2.76. The largest absolute Gasteiger partial charge is 0.310 e. The SMILES string of the molecule is Cc1ccnc(NC(=O)[C@@H]2C[C@H]3CC[C@@H]2C3)c1. The summed E-state index contributed by atoms with van der Waals surface area (Å²) in [7, 11) is 0. The van der Waals surface area contributed by atoms with Crippen molar-refractivity contribution in [3.05, 3.63) is 23.9 Å². The second-order valence-corrected chi connectivity index (χ2v) is 5.49. The van der Waals surface area contributed by atoms with Gasteiger partial charge in [0.05, 0.1) is 0 Å². The van der Waals surface area contributed by atoms with Gasteiger partial charge in [0, 0.05) is 12.1 Å². The molecule has 3 heteroatoms. The highest BCUT2D eigenvalue weighted by atomic mass is 16.2. The highest BCUT2D eigenvalue weighted by Gasteiger charge is 2.43. The van der Waals surface area contributed by atoms with E-state index in [9.17, 15) is 4.79 Å². The van der Waals surface area contributed by atoms with Crippen molar-refractivity contribution in [2.24, 2.45) is 17.8 Å².